The first-order valence-corrected chi connectivity index (χ1v) is 11.5. The van der Waals surface area contributed by atoms with Crippen LogP contribution in [-0.2, 0) is 19.4 Å². The number of amides is 1. The molecule has 2 fully saturated rings. The second-order valence-corrected chi connectivity index (χ2v) is 9.62. The van der Waals surface area contributed by atoms with E-state index in [0.29, 0.717) is 12.0 Å². The summed E-state index contributed by atoms with van der Waals surface area (Å²) >= 11 is 2.07. The summed E-state index contributed by atoms with van der Waals surface area (Å²) in [7, 11) is 0. The van der Waals surface area contributed by atoms with Gasteiger partial charge in [-0.25, -0.2) is 0 Å². The first kappa shape index (κ1) is 18.4. The van der Waals surface area contributed by atoms with Crippen LogP contribution in [0.1, 0.15) is 54.9 Å². The molecule has 0 radical (unpaired) electrons. The maximum Gasteiger partial charge on any atom is 0.274 e. The summed E-state index contributed by atoms with van der Waals surface area (Å²) in [5, 5.41) is 4.86. The van der Waals surface area contributed by atoms with Gasteiger partial charge in [0.05, 0.1) is 0 Å². The molecular weight excluding hydrogens is 344 g/mol. The molecule has 3 heterocycles. The van der Waals surface area contributed by atoms with Crippen molar-refractivity contribution in [3.05, 3.63) is 17.0 Å². The Morgan fingerprint density at radius 2 is 1.92 bits per heavy atom. The van der Waals surface area contributed by atoms with E-state index >= 15 is 0 Å². The third-order valence-electron chi connectivity index (χ3n) is 6.02. The highest BCUT2D eigenvalue weighted by atomic mass is 32.2. The molecule has 0 N–H and O–H groups in total. The first-order chi connectivity index (χ1) is 12.6. The van der Waals surface area contributed by atoms with Crippen LogP contribution in [0.5, 0.6) is 0 Å². The Balaban J connectivity index is 1.61. The number of likely N-dealkylation sites (tertiary alicyclic amines) is 1. The third-order valence-corrected chi connectivity index (χ3v) is 6.96. The van der Waals surface area contributed by atoms with Crippen molar-refractivity contribution in [2.75, 3.05) is 37.7 Å². The maximum absolute atomic E-state index is 13.1. The highest BCUT2D eigenvalue weighted by molar-refractivity contribution is 7.99. The number of nitrogens with zero attached hydrogens (tertiary/aromatic N) is 4. The molecule has 2 aliphatic heterocycles. The highest BCUT2D eigenvalue weighted by Crippen LogP contribution is 2.30. The Kier molecular flexibility index (Phi) is 5.60. The number of carbonyl (C=O) groups is 1. The quantitative estimate of drug-likeness (QED) is 0.810. The van der Waals surface area contributed by atoms with E-state index in [2.05, 4.69) is 35.2 Å². The lowest BCUT2D eigenvalue weighted by Crippen LogP contribution is -2.44. The fourth-order valence-electron chi connectivity index (χ4n) is 4.66. The molecular formula is C20H32N4OS. The Labute approximate surface area is 161 Å². The van der Waals surface area contributed by atoms with Gasteiger partial charge in [0.2, 0.25) is 0 Å². The molecule has 1 atom stereocenters. The van der Waals surface area contributed by atoms with Crippen molar-refractivity contribution < 1.29 is 4.79 Å². The van der Waals surface area contributed by atoms with Crippen molar-refractivity contribution in [1.29, 1.82) is 0 Å². The fourth-order valence-corrected chi connectivity index (χ4v) is 5.59. The summed E-state index contributed by atoms with van der Waals surface area (Å²) in [6.07, 6.45) is 5.55. The Hall–Kier alpha value is -1.01. The lowest BCUT2D eigenvalue weighted by atomic mass is 9.90. The zero-order chi connectivity index (χ0) is 18.1. The molecule has 0 aromatic carbocycles. The molecule has 0 saturated carbocycles. The second kappa shape index (κ2) is 7.93. The number of aromatic nitrogens is 2. The maximum atomic E-state index is 13.1. The molecule has 6 heteroatoms. The van der Waals surface area contributed by atoms with Crippen molar-refractivity contribution >= 4 is 17.7 Å². The number of thioether (sulfide) groups is 1. The SMILES string of the molecule is CC(C)Cn1nc(C(=O)N2CCCC2)c2c1CCC(N1CCSCC1)C2. The molecule has 4 rings (SSSR count). The van der Waals surface area contributed by atoms with E-state index in [1.54, 1.807) is 0 Å². The van der Waals surface area contributed by atoms with E-state index in [9.17, 15) is 4.79 Å². The van der Waals surface area contributed by atoms with Gasteiger partial charge in [-0.1, -0.05) is 13.8 Å². The molecule has 0 spiro atoms. The van der Waals surface area contributed by atoms with Crippen LogP contribution in [0.2, 0.25) is 0 Å². The van der Waals surface area contributed by atoms with Crippen molar-refractivity contribution in [3.63, 3.8) is 0 Å². The highest BCUT2D eigenvalue weighted by Gasteiger charge is 2.34. The summed E-state index contributed by atoms with van der Waals surface area (Å²) < 4.78 is 2.16. The summed E-state index contributed by atoms with van der Waals surface area (Å²) in [6.45, 7) is 9.57. The van der Waals surface area contributed by atoms with E-state index in [0.717, 1.165) is 51.0 Å². The van der Waals surface area contributed by atoms with Crippen LogP contribution in [0.3, 0.4) is 0 Å². The van der Waals surface area contributed by atoms with Gasteiger partial charge in [0, 0.05) is 61.5 Å². The number of hydrogen-bond donors (Lipinski definition) is 0. The van der Waals surface area contributed by atoms with Crippen molar-refractivity contribution in [3.8, 4) is 0 Å². The Bertz CT molecular complexity index is 644. The topological polar surface area (TPSA) is 41.4 Å². The molecule has 5 nitrogen and oxygen atoms in total. The van der Waals surface area contributed by atoms with Crippen molar-refractivity contribution in [2.45, 2.75) is 58.5 Å². The molecule has 1 aliphatic carbocycles. The van der Waals surface area contributed by atoms with E-state index in [4.69, 9.17) is 5.10 Å². The van der Waals surface area contributed by atoms with E-state index in [-0.39, 0.29) is 5.91 Å². The average molecular weight is 377 g/mol. The second-order valence-electron chi connectivity index (χ2n) is 8.39. The molecule has 1 unspecified atom stereocenters. The van der Waals surface area contributed by atoms with Crippen molar-refractivity contribution in [1.82, 2.24) is 19.6 Å². The number of rotatable bonds is 4. The lowest BCUT2D eigenvalue weighted by molar-refractivity contribution is 0.0784. The van der Waals surface area contributed by atoms with Gasteiger partial charge in [-0.15, -0.1) is 0 Å². The fraction of sp³-hybridized carbons (Fsp3) is 0.800. The number of carbonyl (C=O) groups excluding carboxylic acids is 1. The van der Waals surface area contributed by atoms with Gasteiger partial charge < -0.3 is 4.90 Å². The summed E-state index contributed by atoms with van der Waals surface area (Å²) in [4.78, 5) is 17.8. The molecule has 144 valence electrons. The minimum atomic E-state index is 0.177. The van der Waals surface area contributed by atoms with Crippen LogP contribution in [0.4, 0.5) is 0 Å². The van der Waals surface area contributed by atoms with Crippen molar-refractivity contribution in [2.24, 2.45) is 5.92 Å². The minimum Gasteiger partial charge on any atom is -0.337 e. The smallest absolute Gasteiger partial charge is 0.274 e. The van der Waals surface area contributed by atoms with Crippen LogP contribution in [-0.4, -0.2) is 69.2 Å². The number of fused-ring (bicyclic) bond motifs is 1. The predicted octanol–water partition coefficient (Wildman–Crippen LogP) is 2.68. The van der Waals surface area contributed by atoms with Gasteiger partial charge in [-0.3, -0.25) is 14.4 Å². The first-order valence-electron chi connectivity index (χ1n) is 10.3. The minimum absolute atomic E-state index is 0.177. The lowest BCUT2D eigenvalue weighted by Gasteiger charge is -2.36. The van der Waals surface area contributed by atoms with Gasteiger partial charge in [-0.2, -0.15) is 16.9 Å². The van der Waals surface area contributed by atoms with Crippen LogP contribution in [0.25, 0.3) is 0 Å². The van der Waals surface area contributed by atoms with Gasteiger partial charge in [0.25, 0.3) is 5.91 Å². The predicted molar refractivity (Wildman–Crippen MR) is 107 cm³/mol. The molecule has 26 heavy (non-hydrogen) atoms. The van der Waals surface area contributed by atoms with E-state index in [1.165, 1.54) is 42.3 Å². The van der Waals surface area contributed by atoms with E-state index < -0.39 is 0 Å². The summed E-state index contributed by atoms with van der Waals surface area (Å²) in [5.41, 5.74) is 3.36. The zero-order valence-corrected chi connectivity index (χ0v) is 17.1. The molecule has 1 amide bonds. The van der Waals surface area contributed by atoms with Crippen LogP contribution in [0.15, 0.2) is 0 Å². The monoisotopic (exact) mass is 376 g/mol. The summed E-state index contributed by atoms with van der Waals surface area (Å²) in [5.74, 6) is 3.21. The largest absolute Gasteiger partial charge is 0.337 e. The van der Waals surface area contributed by atoms with Gasteiger partial charge >= 0.3 is 0 Å². The van der Waals surface area contributed by atoms with Crippen LogP contribution in [0, 0.1) is 5.92 Å². The molecule has 1 aromatic heterocycles. The van der Waals surface area contributed by atoms with Crippen LogP contribution < -0.4 is 0 Å². The Morgan fingerprint density at radius 3 is 2.62 bits per heavy atom. The van der Waals surface area contributed by atoms with Gasteiger partial charge in [-0.05, 0) is 38.0 Å². The van der Waals surface area contributed by atoms with Gasteiger partial charge in [0.1, 0.15) is 0 Å². The summed E-state index contributed by atoms with van der Waals surface area (Å²) in [6, 6.07) is 0.588. The van der Waals surface area contributed by atoms with E-state index in [1.807, 2.05) is 4.90 Å². The molecule has 2 saturated heterocycles. The third kappa shape index (κ3) is 3.68. The zero-order valence-electron chi connectivity index (χ0n) is 16.2. The standard InChI is InChI=1S/C20H32N4OS/c1-15(2)14-24-18-6-5-16(22-9-11-26-12-10-22)13-17(18)19(21-24)20(25)23-7-3-4-8-23/h15-16H,3-14H2,1-2H3. The molecule has 3 aliphatic rings. The Morgan fingerprint density at radius 1 is 1.19 bits per heavy atom. The average Bonchev–Trinajstić information content (AvgIpc) is 3.30. The molecule has 1 aromatic rings. The van der Waals surface area contributed by atoms with Crippen LogP contribution >= 0.6 is 11.8 Å². The molecule has 0 bridgehead atoms. The normalized spacial score (nSPS) is 24.3. The number of hydrogen-bond acceptors (Lipinski definition) is 4. The van der Waals surface area contributed by atoms with Gasteiger partial charge in [0.15, 0.2) is 5.69 Å².